The fourth-order valence-electron chi connectivity index (χ4n) is 9.05. The number of hydrogen-bond donors (Lipinski definition) is 5. The second kappa shape index (κ2) is 7.91. The summed E-state index contributed by atoms with van der Waals surface area (Å²) in [6.07, 6.45) is 3.26. The molecule has 6 heterocycles. The number of phenols is 1. The van der Waals surface area contributed by atoms with Crippen LogP contribution in [0.5, 0.6) is 5.75 Å². The molecule has 0 unspecified atom stereocenters. The third kappa shape index (κ3) is 2.59. The summed E-state index contributed by atoms with van der Waals surface area (Å²) in [5.41, 5.74) is -5.08. The van der Waals surface area contributed by atoms with Crippen molar-refractivity contribution in [3.8, 4) is 5.75 Å². The lowest BCUT2D eigenvalue weighted by Gasteiger charge is -2.71. The molecule has 3 fully saturated rings. The van der Waals surface area contributed by atoms with Crippen LogP contribution >= 0.6 is 0 Å². The number of nitrogens with zero attached hydrogens (tertiary/aromatic N) is 3. The average Bonchev–Trinajstić information content (AvgIpc) is 3.49. The summed E-state index contributed by atoms with van der Waals surface area (Å²) in [4.78, 5) is 37.2. The van der Waals surface area contributed by atoms with Gasteiger partial charge >= 0.3 is 0 Å². The number of hydrogen-bond acceptors (Lipinski definition) is 8. The molecule has 1 spiro atoms. The Balaban J connectivity index is 1.45. The number of nitrogens with one attached hydrogen (secondary N) is 1. The standard InChI is InChI=1S/C33H34N4O7/c1-29(2)12-13-35-23(15-19-18-8-6-7-9-21(18)34-25(19)29)26(40)37-32(43,28(35)41)27(44-5)31(42)20-14-17(39)10-11-22(20)36-30(3,4)24(16-38)33(31,36)37/h6-15,24,27,34,38-39,42-43H,16H2,1-5H3/b13-12-,23-15-/t24-,27+,31+,32+,33+/m0/s1. The van der Waals surface area contributed by atoms with Crippen LogP contribution < -0.4 is 4.90 Å². The highest BCUT2D eigenvalue weighted by Crippen LogP contribution is 2.74. The summed E-state index contributed by atoms with van der Waals surface area (Å²) >= 11 is 0. The summed E-state index contributed by atoms with van der Waals surface area (Å²) in [6, 6.07) is 12.2. The van der Waals surface area contributed by atoms with Crippen molar-refractivity contribution in [1.29, 1.82) is 0 Å². The highest BCUT2D eigenvalue weighted by molar-refractivity contribution is 6.12. The third-order valence-corrected chi connectivity index (χ3v) is 10.8. The van der Waals surface area contributed by atoms with Crippen LogP contribution in [0.25, 0.3) is 17.0 Å². The molecule has 11 nitrogen and oxygen atoms in total. The topological polar surface area (TPSA) is 150 Å². The van der Waals surface area contributed by atoms with Crippen LogP contribution in [0.2, 0.25) is 0 Å². The zero-order valence-corrected chi connectivity index (χ0v) is 25.0. The van der Waals surface area contributed by atoms with Gasteiger partial charge in [-0.25, -0.2) is 0 Å². The Bertz CT molecular complexity index is 1890. The first-order valence-electron chi connectivity index (χ1n) is 14.7. The van der Waals surface area contributed by atoms with Crippen molar-refractivity contribution < 1.29 is 34.8 Å². The van der Waals surface area contributed by atoms with Crippen molar-refractivity contribution in [3.05, 3.63) is 77.3 Å². The minimum absolute atomic E-state index is 0.0222. The number of H-pyrrole nitrogens is 1. The number of benzene rings is 2. The van der Waals surface area contributed by atoms with Gasteiger partial charge in [-0.2, -0.15) is 0 Å². The number of aliphatic hydroxyl groups excluding tert-OH is 1. The zero-order valence-electron chi connectivity index (χ0n) is 25.0. The van der Waals surface area contributed by atoms with Gasteiger partial charge in [0.25, 0.3) is 17.5 Å². The molecule has 2 aromatic carbocycles. The Kier molecular flexibility index (Phi) is 4.93. The number of aromatic nitrogens is 1. The molecule has 5 N–H and O–H groups in total. The van der Waals surface area contributed by atoms with Gasteiger partial charge in [0.15, 0.2) is 17.4 Å². The van der Waals surface area contributed by atoms with E-state index in [4.69, 9.17) is 4.74 Å². The van der Waals surface area contributed by atoms with Gasteiger partial charge in [0.2, 0.25) is 0 Å². The molecule has 0 aliphatic carbocycles. The Morgan fingerprint density at radius 3 is 2.45 bits per heavy atom. The number of aromatic hydroxyl groups is 1. The average molecular weight is 599 g/mol. The molecule has 0 radical (unpaired) electrons. The summed E-state index contributed by atoms with van der Waals surface area (Å²) in [7, 11) is 1.26. The van der Waals surface area contributed by atoms with Gasteiger partial charge in [-0.15, -0.1) is 0 Å². The van der Waals surface area contributed by atoms with E-state index in [-0.39, 0.29) is 17.0 Å². The Labute approximate surface area is 253 Å². The maximum absolute atomic E-state index is 15.0. The molecule has 1 aromatic heterocycles. The van der Waals surface area contributed by atoms with Crippen molar-refractivity contribution in [3.63, 3.8) is 0 Å². The minimum Gasteiger partial charge on any atom is -0.508 e. The summed E-state index contributed by atoms with van der Waals surface area (Å²) in [6.45, 7) is 7.22. The van der Waals surface area contributed by atoms with Gasteiger partial charge in [0.05, 0.1) is 12.5 Å². The van der Waals surface area contributed by atoms with E-state index in [1.165, 1.54) is 25.4 Å². The van der Waals surface area contributed by atoms with Crippen molar-refractivity contribution in [2.45, 2.75) is 61.7 Å². The van der Waals surface area contributed by atoms with Crippen LogP contribution in [0.3, 0.4) is 0 Å². The van der Waals surface area contributed by atoms with Crippen LogP contribution in [0.4, 0.5) is 5.69 Å². The van der Waals surface area contributed by atoms with Gasteiger partial charge in [-0.1, -0.05) is 38.1 Å². The number of carbonyl (C=O) groups is 2. The molecule has 44 heavy (non-hydrogen) atoms. The van der Waals surface area contributed by atoms with E-state index in [9.17, 15) is 25.2 Å². The second-order valence-electron chi connectivity index (χ2n) is 13.6. The molecule has 3 aromatic rings. The van der Waals surface area contributed by atoms with Crippen molar-refractivity contribution in [2.75, 3.05) is 18.6 Å². The number of piperazine rings is 1. The first-order chi connectivity index (χ1) is 20.7. The van der Waals surface area contributed by atoms with E-state index in [0.29, 0.717) is 5.69 Å². The fraction of sp³-hybridized carbons (Fsp3) is 0.394. The van der Waals surface area contributed by atoms with E-state index in [0.717, 1.165) is 32.0 Å². The number of ether oxygens (including phenoxy) is 1. The predicted octanol–water partition coefficient (Wildman–Crippen LogP) is 2.21. The number of fused-ring (bicyclic) bond motifs is 8. The van der Waals surface area contributed by atoms with Crippen molar-refractivity contribution in [2.24, 2.45) is 5.92 Å². The summed E-state index contributed by atoms with van der Waals surface area (Å²) in [5.74, 6) is -2.59. The first kappa shape index (κ1) is 27.4. The Hall–Kier alpha value is -4.16. The molecule has 5 aliphatic heterocycles. The quantitative estimate of drug-likeness (QED) is 0.302. The number of aliphatic hydroxyl groups is 3. The normalized spacial score (nSPS) is 35.8. The van der Waals surface area contributed by atoms with Gasteiger partial charge in [0.1, 0.15) is 11.4 Å². The lowest BCUT2D eigenvalue weighted by molar-refractivity contribution is -0.218. The van der Waals surface area contributed by atoms with Crippen molar-refractivity contribution in [1.82, 2.24) is 14.8 Å². The molecule has 2 amide bonds. The molecular weight excluding hydrogens is 564 g/mol. The number of aromatic amines is 1. The Morgan fingerprint density at radius 1 is 1.02 bits per heavy atom. The number of para-hydroxylation sites is 1. The molecule has 5 atom stereocenters. The van der Waals surface area contributed by atoms with Gasteiger partial charge in [-0.3, -0.25) is 19.4 Å². The van der Waals surface area contributed by atoms with Crippen LogP contribution in [-0.2, 0) is 25.3 Å². The summed E-state index contributed by atoms with van der Waals surface area (Å²) < 4.78 is 5.82. The smallest absolute Gasteiger partial charge is 0.287 e. The maximum atomic E-state index is 15.0. The number of phenolic OH excluding ortho intramolecular Hbond substituents is 1. The molecular formula is C33H34N4O7. The van der Waals surface area contributed by atoms with E-state index in [1.54, 1.807) is 23.1 Å². The van der Waals surface area contributed by atoms with Crippen LogP contribution in [0, 0.1) is 5.92 Å². The molecule has 5 aliphatic rings. The molecule has 0 bridgehead atoms. The van der Waals surface area contributed by atoms with Gasteiger partial charge in [0, 0.05) is 57.7 Å². The highest BCUT2D eigenvalue weighted by atomic mass is 16.5. The van der Waals surface area contributed by atoms with E-state index in [2.05, 4.69) is 4.98 Å². The van der Waals surface area contributed by atoms with Crippen LogP contribution in [0.15, 0.2) is 60.4 Å². The lowest BCUT2D eigenvalue weighted by atomic mass is 9.60. The summed E-state index contributed by atoms with van der Waals surface area (Å²) in [5, 5.41) is 47.8. The largest absolute Gasteiger partial charge is 0.508 e. The highest BCUT2D eigenvalue weighted by Gasteiger charge is 2.92. The minimum atomic E-state index is -2.68. The fourth-order valence-corrected chi connectivity index (χ4v) is 9.05. The molecule has 11 heteroatoms. The second-order valence-corrected chi connectivity index (χ2v) is 13.6. The number of anilines is 1. The zero-order chi connectivity index (χ0) is 31.4. The van der Waals surface area contributed by atoms with Crippen LogP contribution in [0.1, 0.15) is 44.5 Å². The van der Waals surface area contributed by atoms with Gasteiger partial charge < -0.3 is 35.0 Å². The monoisotopic (exact) mass is 598 g/mol. The number of allylic oxidation sites excluding steroid dienone is 1. The number of amides is 2. The SMILES string of the molecule is CO[C@@H]1[C@]2(O)c3cc(O)ccc3N3C(C)(C)[C@H](CO)[C@]32N2C(=O)/C3=C/c4c([nH]c5ccccc45)C(C)(C)/C=C\N3C(=O)[C@]12O. The van der Waals surface area contributed by atoms with Crippen LogP contribution in [-0.4, -0.2) is 83.8 Å². The maximum Gasteiger partial charge on any atom is 0.287 e. The predicted molar refractivity (Wildman–Crippen MR) is 160 cm³/mol. The number of rotatable bonds is 2. The molecule has 3 saturated heterocycles. The van der Waals surface area contributed by atoms with Gasteiger partial charge in [-0.05, 0) is 44.2 Å². The Morgan fingerprint density at radius 2 is 1.75 bits per heavy atom. The molecule has 0 saturated carbocycles. The molecule has 228 valence electrons. The third-order valence-electron chi connectivity index (χ3n) is 10.8. The first-order valence-corrected chi connectivity index (χ1v) is 14.7. The molecule has 8 rings (SSSR count). The van der Waals surface area contributed by atoms with E-state index in [1.807, 2.05) is 52.0 Å². The van der Waals surface area contributed by atoms with E-state index >= 15 is 4.79 Å². The van der Waals surface area contributed by atoms with E-state index < -0.39 is 58.4 Å². The van der Waals surface area contributed by atoms with Crippen molar-refractivity contribution >= 4 is 34.5 Å². The number of carbonyl (C=O) groups excluding carboxylic acids is 2. The number of methoxy groups -OCH3 is 1. The lowest BCUT2D eigenvalue weighted by Crippen LogP contribution is -2.89.